The number of nitrogens with one attached hydrogen (secondary N) is 1. The molecule has 0 bridgehead atoms. The molecule has 1 fully saturated rings. The number of carbonyl (C=O) groups excluding carboxylic acids is 1. The van der Waals surface area contributed by atoms with Gasteiger partial charge in [-0.15, -0.1) is 0 Å². The van der Waals surface area contributed by atoms with Gasteiger partial charge in [0.1, 0.15) is 29.3 Å². The summed E-state index contributed by atoms with van der Waals surface area (Å²) in [4.78, 5) is 42.7. The topological polar surface area (TPSA) is 125 Å². The fourth-order valence-electron chi connectivity index (χ4n) is 5.97. The Hall–Kier alpha value is -4.68. The first kappa shape index (κ1) is 32.3. The predicted octanol–water partition coefficient (Wildman–Crippen LogP) is 5.37. The number of pyridine rings is 1. The summed E-state index contributed by atoms with van der Waals surface area (Å²) >= 11 is 0. The van der Waals surface area contributed by atoms with Crippen molar-refractivity contribution < 1.29 is 19.4 Å². The summed E-state index contributed by atoms with van der Waals surface area (Å²) in [5, 5.41) is 14.1. The van der Waals surface area contributed by atoms with Gasteiger partial charge in [0.25, 0.3) is 5.56 Å². The van der Waals surface area contributed by atoms with Crippen LogP contribution in [0.4, 0.5) is 33.5 Å². The van der Waals surface area contributed by atoms with Crippen molar-refractivity contribution in [3.05, 3.63) is 70.6 Å². The lowest BCUT2D eigenvalue weighted by Gasteiger charge is -2.39. The van der Waals surface area contributed by atoms with Crippen LogP contribution in [-0.2, 0) is 4.74 Å². The number of aliphatic hydroxyl groups is 1. The van der Waals surface area contributed by atoms with Crippen LogP contribution in [-0.4, -0.2) is 82.7 Å². The molecule has 12 heteroatoms. The molecule has 6 rings (SSSR count). The highest BCUT2D eigenvalue weighted by molar-refractivity contribution is 5.97. The number of anilines is 5. The van der Waals surface area contributed by atoms with Gasteiger partial charge in [-0.3, -0.25) is 14.3 Å². The van der Waals surface area contributed by atoms with Crippen molar-refractivity contribution in [3.8, 4) is 5.75 Å². The molecule has 2 aromatic carbocycles. The van der Waals surface area contributed by atoms with E-state index in [9.17, 15) is 14.7 Å². The zero-order valence-corrected chi connectivity index (χ0v) is 27.9. The molecule has 12 nitrogen and oxygen atoms in total. The second-order valence-electron chi connectivity index (χ2n) is 13.5. The molecule has 0 saturated heterocycles. The molecule has 4 aromatic rings. The molecule has 2 aliphatic rings. The molecule has 0 spiro atoms. The fraction of sp³-hybridized carbons (Fsp3) is 0.429. The van der Waals surface area contributed by atoms with Crippen LogP contribution in [0.25, 0.3) is 11.0 Å². The number of aryl methyl sites for hydroxylation is 1. The molecule has 0 radical (unpaired) electrons. The minimum atomic E-state index is -0.645. The summed E-state index contributed by atoms with van der Waals surface area (Å²) in [6, 6.07) is 15.0. The summed E-state index contributed by atoms with van der Waals surface area (Å²) in [5.74, 6) is 1.12. The SMILES string of the molecule is Cc1cccc2c1N(C(=O)OC(C)(C)C)CCN2c1cc2cnc(Nc3ccc(OCCN(C)C)cc3)nc2n(C2CC(O)C2)c1=O. The van der Waals surface area contributed by atoms with Gasteiger partial charge in [0.15, 0.2) is 0 Å². The van der Waals surface area contributed by atoms with E-state index in [1.807, 2.05) is 95.2 Å². The molecular formula is C35H43N7O5. The van der Waals surface area contributed by atoms with Crippen molar-refractivity contribution in [2.24, 2.45) is 0 Å². The second-order valence-corrected chi connectivity index (χ2v) is 13.5. The van der Waals surface area contributed by atoms with E-state index in [0.29, 0.717) is 60.9 Å². The molecule has 248 valence electrons. The van der Waals surface area contributed by atoms with Crippen LogP contribution in [0.3, 0.4) is 0 Å². The number of carbonyl (C=O) groups is 1. The quantitative estimate of drug-likeness (QED) is 0.259. The Balaban J connectivity index is 1.34. The second kappa shape index (κ2) is 12.8. The van der Waals surface area contributed by atoms with Gasteiger partial charge in [-0.05, 0) is 96.6 Å². The lowest BCUT2D eigenvalue weighted by atomic mass is 9.89. The molecule has 1 saturated carbocycles. The molecule has 0 atom stereocenters. The number of nitrogens with zero attached hydrogens (tertiary/aromatic N) is 6. The number of benzene rings is 2. The zero-order chi connectivity index (χ0) is 33.5. The average Bonchev–Trinajstić information content (AvgIpc) is 2.99. The predicted molar refractivity (Wildman–Crippen MR) is 184 cm³/mol. The van der Waals surface area contributed by atoms with Crippen molar-refractivity contribution in [2.75, 3.05) is 55.5 Å². The third-order valence-corrected chi connectivity index (χ3v) is 8.35. The molecule has 3 heterocycles. The van der Waals surface area contributed by atoms with E-state index in [1.165, 1.54) is 0 Å². The number of fused-ring (bicyclic) bond motifs is 2. The zero-order valence-electron chi connectivity index (χ0n) is 27.9. The molecular weight excluding hydrogens is 598 g/mol. The van der Waals surface area contributed by atoms with Gasteiger partial charge in [0.05, 0.1) is 17.5 Å². The van der Waals surface area contributed by atoms with Gasteiger partial charge < -0.3 is 29.7 Å². The van der Waals surface area contributed by atoms with Gasteiger partial charge in [-0.25, -0.2) is 9.78 Å². The first-order valence-electron chi connectivity index (χ1n) is 16.0. The Kier molecular flexibility index (Phi) is 8.82. The molecule has 2 N–H and O–H groups in total. The van der Waals surface area contributed by atoms with Crippen LogP contribution in [0.15, 0.2) is 59.5 Å². The number of para-hydroxylation sites is 1. The number of likely N-dealkylation sites (N-methyl/N-ethyl adjacent to an activating group) is 1. The van der Waals surface area contributed by atoms with Gasteiger partial charge in [-0.2, -0.15) is 4.98 Å². The number of hydrogen-bond acceptors (Lipinski definition) is 10. The normalized spacial score (nSPS) is 17.8. The van der Waals surface area contributed by atoms with E-state index in [2.05, 4.69) is 15.2 Å². The Morgan fingerprint density at radius 2 is 1.83 bits per heavy atom. The van der Waals surface area contributed by atoms with Crippen molar-refractivity contribution in [1.29, 1.82) is 0 Å². The van der Waals surface area contributed by atoms with E-state index in [4.69, 9.17) is 14.5 Å². The van der Waals surface area contributed by atoms with E-state index >= 15 is 0 Å². The van der Waals surface area contributed by atoms with Gasteiger partial charge in [0.2, 0.25) is 5.95 Å². The number of aromatic nitrogens is 3. The smallest absolute Gasteiger partial charge is 0.414 e. The minimum Gasteiger partial charge on any atom is -0.492 e. The van der Waals surface area contributed by atoms with Gasteiger partial charge in [0, 0.05) is 42.9 Å². The summed E-state index contributed by atoms with van der Waals surface area (Å²) in [5.41, 5.74) is 3.23. The van der Waals surface area contributed by atoms with E-state index in [1.54, 1.807) is 15.7 Å². The minimum absolute atomic E-state index is 0.207. The molecule has 0 unspecified atom stereocenters. The number of hydrogen-bond donors (Lipinski definition) is 2. The summed E-state index contributed by atoms with van der Waals surface area (Å²) in [7, 11) is 4.00. The molecule has 1 aliphatic carbocycles. The number of rotatable bonds is 8. The van der Waals surface area contributed by atoms with Crippen LogP contribution >= 0.6 is 0 Å². The van der Waals surface area contributed by atoms with Crippen molar-refractivity contribution >= 4 is 45.8 Å². The van der Waals surface area contributed by atoms with Crippen molar-refractivity contribution in [1.82, 2.24) is 19.4 Å². The highest BCUT2D eigenvalue weighted by Gasteiger charge is 2.36. The van der Waals surface area contributed by atoms with Crippen LogP contribution in [0, 0.1) is 6.92 Å². The number of aliphatic hydroxyl groups excluding tert-OH is 1. The summed E-state index contributed by atoms with van der Waals surface area (Å²) in [6.07, 6.45) is 1.74. The molecule has 47 heavy (non-hydrogen) atoms. The first-order chi connectivity index (χ1) is 22.4. The summed E-state index contributed by atoms with van der Waals surface area (Å²) < 4.78 is 13.2. The Morgan fingerprint density at radius 3 is 2.51 bits per heavy atom. The van der Waals surface area contributed by atoms with Crippen molar-refractivity contribution in [2.45, 2.75) is 58.3 Å². The van der Waals surface area contributed by atoms with Gasteiger partial charge in [-0.1, -0.05) is 12.1 Å². The van der Waals surface area contributed by atoms with Crippen LogP contribution < -0.4 is 25.4 Å². The molecule has 1 amide bonds. The maximum Gasteiger partial charge on any atom is 0.414 e. The number of amides is 1. The molecule has 2 aromatic heterocycles. The van der Waals surface area contributed by atoms with Gasteiger partial charge >= 0.3 is 6.09 Å². The lowest BCUT2D eigenvalue weighted by Crippen LogP contribution is -2.46. The third kappa shape index (κ3) is 6.89. The fourth-order valence-corrected chi connectivity index (χ4v) is 5.97. The average molecular weight is 642 g/mol. The lowest BCUT2D eigenvalue weighted by molar-refractivity contribution is 0.0488. The highest BCUT2D eigenvalue weighted by Crippen LogP contribution is 2.41. The maximum absolute atomic E-state index is 14.4. The largest absolute Gasteiger partial charge is 0.492 e. The Morgan fingerprint density at radius 1 is 1.09 bits per heavy atom. The van der Waals surface area contributed by atoms with E-state index in [0.717, 1.165) is 29.2 Å². The maximum atomic E-state index is 14.4. The Bertz CT molecular complexity index is 1830. The Labute approximate surface area is 274 Å². The summed E-state index contributed by atoms with van der Waals surface area (Å²) in [6.45, 7) is 9.62. The van der Waals surface area contributed by atoms with Crippen molar-refractivity contribution in [3.63, 3.8) is 0 Å². The standard InChI is InChI=1S/C35H43N7O5/c1-22-8-7-9-28-30(22)41(34(45)47-35(2,3)4)15-14-40(28)29-18-23-21-36-33(38-31(23)42(32(29)44)25-19-26(43)20-25)37-24-10-12-27(13-11-24)46-17-16-39(5)6/h7-13,18,21,25-26,43H,14-17,19-20H2,1-6H3,(H,36,37,38). The first-order valence-corrected chi connectivity index (χ1v) is 16.0. The monoisotopic (exact) mass is 641 g/mol. The third-order valence-electron chi connectivity index (χ3n) is 8.35. The number of ether oxygens (including phenoxy) is 2. The van der Waals surface area contributed by atoms with Crippen LogP contribution in [0.5, 0.6) is 5.75 Å². The van der Waals surface area contributed by atoms with Crippen LogP contribution in [0.1, 0.15) is 45.2 Å². The highest BCUT2D eigenvalue weighted by atomic mass is 16.6. The van der Waals surface area contributed by atoms with E-state index in [-0.39, 0.29) is 11.6 Å². The van der Waals surface area contributed by atoms with E-state index < -0.39 is 17.8 Å². The van der Waals surface area contributed by atoms with Crippen LogP contribution in [0.2, 0.25) is 0 Å². The molecule has 1 aliphatic heterocycles.